The molecule has 1 aliphatic rings. The first-order valence-corrected chi connectivity index (χ1v) is 7.31. The second kappa shape index (κ2) is 6.42. The lowest BCUT2D eigenvalue weighted by atomic mass is 10.0. The molecule has 0 amide bonds. The van der Waals surface area contributed by atoms with Crippen LogP contribution in [0.25, 0.3) is 0 Å². The number of halogens is 1. The topological polar surface area (TPSA) is 27.6 Å². The Morgan fingerprint density at radius 3 is 2.80 bits per heavy atom. The van der Waals surface area contributed by atoms with Crippen LogP contribution in [0.2, 0.25) is 5.02 Å². The van der Waals surface area contributed by atoms with Crippen LogP contribution >= 0.6 is 11.6 Å². The Balaban J connectivity index is 2.39. The Bertz CT molecular complexity index is 531. The number of rotatable bonds is 3. The highest BCUT2D eigenvalue weighted by Crippen LogP contribution is 2.30. The minimum Gasteiger partial charge on any atom is -0.316 e. The summed E-state index contributed by atoms with van der Waals surface area (Å²) in [6, 6.07) is 5.94. The number of nitrogens with zero attached hydrogens (tertiary/aromatic N) is 2. The van der Waals surface area contributed by atoms with Crippen LogP contribution in [0, 0.1) is 12.8 Å². The van der Waals surface area contributed by atoms with E-state index in [9.17, 15) is 0 Å². The van der Waals surface area contributed by atoms with E-state index in [0.29, 0.717) is 5.92 Å². The minimum absolute atomic E-state index is 0.460. The third-order valence-corrected chi connectivity index (χ3v) is 4.10. The van der Waals surface area contributed by atoms with Crippen LogP contribution in [0.4, 0.5) is 5.69 Å². The van der Waals surface area contributed by atoms with Crippen LogP contribution in [0.15, 0.2) is 35.5 Å². The largest absolute Gasteiger partial charge is 0.316 e. The van der Waals surface area contributed by atoms with Gasteiger partial charge in [-0.3, -0.25) is 4.99 Å². The molecule has 1 aromatic carbocycles. The zero-order chi connectivity index (χ0) is 14.7. The fourth-order valence-corrected chi connectivity index (χ4v) is 2.85. The highest BCUT2D eigenvalue weighted by Gasteiger charge is 2.25. The van der Waals surface area contributed by atoms with E-state index < -0.39 is 0 Å². The molecule has 0 bridgehead atoms. The number of nitrogens with one attached hydrogen (secondary N) is 1. The molecule has 1 atom stereocenters. The first-order valence-electron chi connectivity index (χ1n) is 6.93. The van der Waals surface area contributed by atoms with Gasteiger partial charge in [0.2, 0.25) is 0 Å². The average Bonchev–Trinajstić information content (AvgIpc) is 2.95. The van der Waals surface area contributed by atoms with Gasteiger partial charge in [-0.05, 0) is 50.6 Å². The number of aryl methyl sites for hydroxylation is 1. The Labute approximate surface area is 126 Å². The summed E-state index contributed by atoms with van der Waals surface area (Å²) < 4.78 is 0. The van der Waals surface area contributed by atoms with Crippen molar-refractivity contribution in [1.82, 2.24) is 5.32 Å². The number of hydrogen-bond donors (Lipinski definition) is 1. The summed E-state index contributed by atoms with van der Waals surface area (Å²) in [5.41, 5.74) is 3.34. The summed E-state index contributed by atoms with van der Waals surface area (Å²) in [6.45, 7) is 10.4. The number of hydrogen-bond acceptors (Lipinski definition) is 2. The molecule has 1 heterocycles. The quantitative estimate of drug-likeness (QED) is 0.680. The minimum atomic E-state index is 0.460. The summed E-state index contributed by atoms with van der Waals surface area (Å²) in [6.07, 6.45) is 1.12. The number of anilines is 1. The van der Waals surface area contributed by atoms with Gasteiger partial charge in [-0.25, -0.2) is 0 Å². The smallest absolute Gasteiger partial charge is 0.104 e. The lowest BCUT2D eigenvalue weighted by Gasteiger charge is -2.31. The molecule has 20 heavy (non-hydrogen) atoms. The molecule has 2 rings (SSSR count). The fourth-order valence-electron chi connectivity index (χ4n) is 2.63. The molecule has 108 valence electrons. The van der Waals surface area contributed by atoms with Crippen molar-refractivity contribution in [2.24, 2.45) is 10.9 Å². The highest BCUT2D eigenvalue weighted by molar-refractivity contribution is 6.30. The summed E-state index contributed by atoms with van der Waals surface area (Å²) in [4.78, 5) is 6.51. The maximum atomic E-state index is 6.06. The van der Waals surface area contributed by atoms with Gasteiger partial charge in [0.05, 0.1) is 0 Å². The number of aliphatic imine (C=N–C) groups is 1. The van der Waals surface area contributed by atoms with Gasteiger partial charge in [0.25, 0.3) is 0 Å². The second-order valence-corrected chi connectivity index (χ2v) is 5.65. The molecule has 1 aliphatic heterocycles. The fraction of sp³-hybridized carbons (Fsp3) is 0.438. The van der Waals surface area contributed by atoms with Crippen LogP contribution in [-0.4, -0.2) is 26.0 Å². The molecule has 1 fully saturated rings. The maximum absolute atomic E-state index is 6.06. The van der Waals surface area contributed by atoms with Crippen molar-refractivity contribution < 1.29 is 0 Å². The lowest BCUT2D eigenvalue weighted by Crippen LogP contribution is -2.32. The first kappa shape index (κ1) is 15.1. The Morgan fingerprint density at radius 2 is 2.25 bits per heavy atom. The normalized spacial score (nSPS) is 19.2. The van der Waals surface area contributed by atoms with Gasteiger partial charge in [-0.2, -0.15) is 0 Å². The van der Waals surface area contributed by atoms with E-state index in [1.165, 1.54) is 0 Å². The SMILES string of the molecule is C=C(C1CCNC1)N(/C(C)=N\C)c1ccc(Cl)cc1C. The van der Waals surface area contributed by atoms with Crippen molar-refractivity contribution in [3.8, 4) is 0 Å². The lowest BCUT2D eigenvalue weighted by molar-refractivity contribution is 0.672. The standard InChI is InChI=1S/C16H22ClN3/c1-11-9-15(17)5-6-16(11)20(13(3)18-4)12(2)14-7-8-19-10-14/h5-6,9,14,19H,2,7-8,10H2,1,3-4H3/b18-13-. The van der Waals surface area contributed by atoms with Crippen molar-refractivity contribution >= 4 is 23.1 Å². The van der Waals surface area contributed by atoms with Gasteiger partial charge < -0.3 is 10.2 Å². The van der Waals surface area contributed by atoms with E-state index in [2.05, 4.69) is 28.7 Å². The Morgan fingerprint density at radius 1 is 1.50 bits per heavy atom. The van der Waals surface area contributed by atoms with Crippen LogP contribution < -0.4 is 10.2 Å². The Hall–Kier alpha value is -1.32. The molecule has 1 unspecified atom stereocenters. The predicted octanol–water partition coefficient (Wildman–Crippen LogP) is 3.63. The van der Waals surface area contributed by atoms with Crippen molar-refractivity contribution in [2.75, 3.05) is 25.0 Å². The molecule has 0 saturated carbocycles. The summed E-state index contributed by atoms with van der Waals surface area (Å²) >= 11 is 6.06. The van der Waals surface area contributed by atoms with Crippen molar-refractivity contribution in [3.63, 3.8) is 0 Å². The monoisotopic (exact) mass is 291 g/mol. The molecular formula is C16H22ClN3. The molecule has 1 aromatic rings. The molecular weight excluding hydrogens is 270 g/mol. The van der Waals surface area contributed by atoms with Crippen LogP contribution in [0.3, 0.4) is 0 Å². The summed E-state index contributed by atoms with van der Waals surface area (Å²) in [7, 11) is 1.81. The zero-order valence-electron chi connectivity index (χ0n) is 12.4. The molecule has 0 aromatic heterocycles. The van der Waals surface area contributed by atoms with Gasteiger partial charge in [-0.1, -0.05) is 18.2 Å². The van der Waals surface area contributed by atoms with E-state index in [1.54, 1.807) is 0 Å². The van der Waals surface area contributed by atoms with Gasteiger partial charge >= 0.3 is 0 Å². The zero-order valence-corrected chi connectivity index (χ0v) is 13.2. The van der Waals surface area contributed by atoms with Gasteiger partial charge in [-0.15, -0.1) is 0 Å². The maximum Gasteiger partial charge on any atom is 0.104 e. The predicted molar refractivity (Wildman–Crippen MR) is 87.8 cm³/mol. The highest BCUT2D eigenvalue weighted by atomic mass is 35.5. The van der Waals surface area contributed by atoms with Crippen LogP contribution in [0.5, 0.6) is 0 Å². The summed E-state index contributed by atoms with van der Waals surface area (Å²) in [5, 5.41) is 4.15. The third-order valence-electron chi connectivity index (χ3n) is 3.87. The van der Waals surface area contributed by atoms with Crippen molar-refractivity contribution in [3.05, 3.63) is 41.1 Å². The molecule has 1 N–H and O–H groups in total. The molecule has 0 aliphatic carbocycles. The molecule has 3 nitrogen and oxygen atoms in total. The van der Waals surface area contributed by atoms with Crippen molar-refractivity contribution in [2.45, 2.75) is 20.3 Å². The van der Waals surface area contributed by atoms with E-state index >= 15 is 0 Å². The van der Waals surface area contributed by atoms with E-state index in [1.807, 2.05) is 32.2 Å². The second-order valence-electron chi connectivity index (χ2n) is 5.22. The number of amidine groups is 1. The van der Waals surface area contributed by atoms with Crippen molar-refractivity contribution in [1.29, 1.82) is 0 Å². The Kier molecular flexibility index (Phi) is 4.84. The van der Waals surface area contributed by atoms with Crippen LogP contribution in [0.1, 0.15) is 18.9 Å². The molecule has 1 saturated heterocycles. The van der Waals surface area contributed by atoms with E-state index in [4.69, 9.17) is 11.6 Å². The van der Waals surface area contributed by atoms with Gasteiger partial charge in [0, 0.05) is 35.9 Å². The van der Waals surface area contributed by atoms with E-state index in [-0.39, 0.29) is 0 Å². The molecule has 0 radical (unpaired) electrons. The van der Waals surface area contributed by atoms with Gasteiger partial charge in [0.15, 0.2) is 0 Å². The molecule has 4 heteroatoms. The molecule has 0 spiro atoms. The number of benzene rings is 1. The summed E-state index contributed by atoms with van der Waals surface area (Å²) in [5.74, 6) is 1.41. The third kappa shape index (κ3) is 3.05. The first-order chi connectivity index (χ1) is 9.54. The van der Waals surface area contributed by atoms with E-state index in [0.717, 1.165) is 47.3 Å². The van der Waals surface area contributed by atoms with Gasteiger partial charge in [0.1, 0.15) is 5.84 Å². The van der Waals surface area contributed by atoms with Crippen LogP contribution in [-0.2, 0) is 0 Å². The average molecular weight is 292 g/mol.